The van der Waals surface area contributed by atoms with Gasteiger partial charge in [0.2, 0.25) is 0 Å². The number of carbonyl (C=O) groups is 2. The van der Waals surface area contributed by atoms with Crippen LogP contribution in [0.1, 0.15) is 44.1 Å². The first-order valence-electron chi connectivity index (χ1n) is 8.14. The molecule has 0 spiro atoms. The van der Waals surface area contributed by atoms with Crippen molar-refractivity contribution in [2.75, 3.05) is 25.0 Å². The van der Waals surface area contributed by atoms with Crippen LogP contribution in [0.3, 0.4) is 0 Å². The summed E-state index contributed by atoms with van der Waals surface area (Å²) < 4.78 is 5.37. The number of ether oxygens (including phenoxy) is 1. The van der Waals surface area contributed by atoms with Crippen molar-refractivity contribution < 1.29 is 19.4 Å². The number of amides is 1. The van der Waals surface area contributed by atoms with Gasteiger partial charge in [-0.3, -0.25) is 0 Å². The number of aromatic nitrogens is 2. The lowest BCUT2D eigenvalue weighted by atomic mass is 9.97. The van der Waals surface area contributed by atoms with Gasteiger partial charge < -0.3 is 20.1 Å². The standard InChI is InChI=1S/C16H23ClN4O4/c1-16(2,3)25-15(24)21-6-4-10(5-7-21)9-18-11-8-12(17)19-20-13(11)14(22)23/h8,10H,4-7,9H2,1-3H3,(H,18,19)(H,22,23). The second-order valence-electron chi connectivity index (χ2n) is 7.03. The molecule has 8 nitrogen and oxygen atoms in total. The molecule has 0 bridgehead atoms. The Kier molecular flexibility index (Phi) is 6.05. The van der Waals surface area contributed by atoms with Crippen LogP contribution in [0.25, 0.3) is 0 Å². The zero-order valence-electron chi connectivity index (χ0n) is 14.6. The minimum atomic E-state index is -1.16. The number of halogens is 1. The third-order valence-electron chi connectivity index (χ3n) is 3.81. The number of aromatic carboxylic acids is 1. The van der Waals surface area contributed by atoms with Crippen molar-refractivity contribution in [3.63, 3.8) is 0 Å². The number of anilines is 1. The van der Waals surface area contributed by atoms with Crippen LogP contribution in [0.2, 0.25) is 5.15 Å². The van der Waals surface area contributed by atoms with E-state index in [1.807, 2.05) is 20.8 Å². The SMILES string of the molecule is CC(C)(C)OC(=O)N1CCC(CNc2cc(Cl)nnc2C(=O)O)CC1. The van der Waals surface area contributed by atoms with E-state index in [2.05, 4.69) is 15.5 Å². The van der Waals surface area contributed by atoms with Gasteiger partial charge in [0.05, 0.1) is 5.69 Å². The first-order valence-corrected chi connectivity index (χ1v) is 8.52. The molecule has 1 fully saturated rings. The zero-order chi connectivity index (χ0) is 18.6. The van der Waals surface area contributed by atoms with Gasteiger partial charge in [0.25, 0.3) is 0 Å². The Morgan fingerprint density at radius 3 is 2.56 bits per heavy atom. The Morgan fingerprint density at radius 2 is 2.00 bits per heavy atom. The molecule has 0 atom stereocenters. The van der Waals surface area contributed by atoms with Gasteiger partial charge in [-0.15, -0.1) is 10.2 Å². The minimum absolute atomic E-state index is 0.132. The smallest absolute Gasteiger partial charge is 0.410 e. The summed E-state index contributed by atoms with van der Waals surface area (Å²) in [6.07, 6.45) is 1.32. The zero-order valence-corrected chi connectivity index (χ0v) is 15.3. The Morgan fingerprint density at radius 1 is 1.36 bits per heavy atom. The van der Waals surface area contributed by atoms with Crippen molar-refractivity contribution in [2.24, 2.45) is 5.92 Å². The van der Waals surface area contributed by atoms with Crippen LogP contribution in [0.4, 0.5) is 10.5 Å². The fraction of sp³-hybridized carbons (Fsp3) is 0.625. The van der Waals surface area contributed by atoms with Gasteiger partial charge in [-0.2, -0.15) is 0 Å². The maximum atomic E-state index is 12.0. The van der Waals surface area contributed by atoms with E-state index >= 15 is 0 Å². The van der Waals surface area contributed by atoms with Crippen LogP contribution in [0.5, 0.6) is 0 Å². The predicted octanol–water partition coefficient (Wildman–Crippen LogP) is 2.89. The van der Waals surface area contributed by atoms with E-state index in [0.29, 0.717) is 31.2 Å². The van der Waals surface area contributed by atoms with E-state index in [-0.39, 0.29) is 16.9 Å². The first kappa shape index (κ1) is 19.2. The number of carbonyl (C=O) groups excluding carboxylic acids is 1. The maximum absolute atomic E-state index is 12.0. The van der Waals surface area contributed by atoms with Crippen LogP contribution < -0.4 is 5.32 Å². The minimum Gasteiger partial charge on any atom is -0.476 e. The van der Waals surface area contributed by atoms with Gasteiger partial charge >= 0.3 is 12.1 Å². The molecule has 1 saturated heterocycles. The van der Waals surface area contributed by atoms with Crippen molar-refractivity contribution in [3.05, 3.63) is 16.9 Å². The van der Waals surface area contributed by atoms with E-state index in [1.165, 1.54) is 6.07 Å². The van der Waals surface area contributed by atoms with E-state index < -0.39 is 11.6 Å². The molecule has 1 amide bonds. The van der Waals surface area contributed by atoms with Crippen LogP contribution in [-0.4, -0.2) is 57.5 Å². The second-order valence-corrected chi connectivity index (χ2v) is 7.41. The topological polar surface area (TPSA) is 105 Å². The lowest BCUT2D eigenvalue weighted by Crippen LogP contribution is -2.42. The molecule has 138 valence electrons. The van der Waals surface area contributed by atoms with E-state index in [4.69, 9.17) is 21.4 Å². The number of nitrogens with one attached hydrogen (secondary N) is 1. The third kappa shape index (κ3) is 5.74. The fourth-order valence-electron chi connectivity index (χ4n) is 2.56. The summed E-state index contributed by atoms with van der Waals surface area (Å²) in [5.41, 5.74) is -0.311. The Balaban J connectivity index is 1.86. The van der Waals surface area contributed by atoms with Crippen LogP contribution in [0.15, 0.2) is 6.07 Å². The van der Waals surface area contributed by atoms with Crippen LogP contribution >= 0.6 is 11.6 Å². The lowest BCUT2D eigenvalue weighted by Gasteiger charge is -2.33. The van der Waals surface area contributed by atoms with Crippen LogP contribution in [0, 0.1) is 5.92 Å². The van der Waals surface area contributed by atoms with E-state index in [0.717, 1.165) is 12.8 Å². The van der Waals surface area contributed by atoms with Gasteiger partial charge in [-0.25, -0.2) is 9.59 Å². The third-order valence-corrected chi connectivity index (χ3v) is 4.00. The number of carboxylic acids is 1. The first-order chi connectivity index (χ1) is 11.7. The molecule has 1 aromatic rings. The summed E-state index contributed by atoms with van der Waals surface area (Å²) in [5, 5.41) is 19.5. The Hall–Kier alpha value is -2.09. The number of likely N-dealkylation sites (tertiary alicyclic amines) is 1. The molecule has 0 radical (unpaired) electrons. The van der Waals surface area contributed by atoms with Crippen molar-refractivity contribution in [2.45, 2.75) is 39.2 Å². The Bertz CT molecular complexity index is 640. The average Bonchev–Trinajstić information content (AvgIpc) is 2.51. The molecule has 0 aliphatic carbocycles. The average molecular weight is 371 g/mol. The second kappa shape index (κ2) is 7.86. The number of nitrogens with zero attached hydrogens (tertiary/aromatic N) is 3. The molecular weight excluding hydrogens is 348 g/mol. The van der Waals surface area contributed by atoms with Gasteiger partial charge in [0.15, 0.2) is 10.8 Å². The normalized spacial score (nSPS) is 15.8. The highest BCUT2D eigenvalue weighted by molar-refractivity contribution is 6.29. The van der Waals surface area contributed by atoms with Crippen LogP contribution in [-0.2, 0) is 4.74 Å². The molecule has 0 unspecified atom stereocenters. The number of carboxylic acid groups (broad SMARTS) is 1. The summed E-state index contributed by atoms with van der Waals surface area (Å²) in [6, 6.07) is 1.45. The lowest BCUT2D eigenvalue weighted by molar-refractivity contribution is 0.0188. The molecule has 1 aliphatic heterocycles. The monoisotopic (exact) mass is 370 g/mol. The highest BCUT2D eigenvalue weighted by atomic mass is 35.5. The molecular formula is C16H23ClN4O4. The largest absolute Gasteiger partial charge is 0.476 e. The molecule has 25 heavy (non-hydrogen) atoms. The molecule has 0 saturated carbocycles. The van der Waals surface area contributed by atoms with Gasteiger partial charge in [-0.05, 0) is 39.5 Å². The predicted molar refractivity (Wildman–Crippen MR) is 93.0 cm³/mol. The number of rotatable bonds is 4. The van der Waals surface area contributed by atoms with Crippen molar-refractivity contribution in [1.82, 2.24) is 15.1 Å². The molecule has 0 aromatic carbocycles. The van der Waals surface area contributed by atoms with Gasteiger partial charge in [0, 0.05) is 25.7 Å². The molecule has 1 aliphatic rings. The number of piperidine rings is 1. The molecule has 9 heteroatoms. The summed E-state index contributed by atoms with van der Waals surface area (Å²) >= 11 is 5.79. The van der Waals surface area contributed by atoms with Crippen molar-refractivity contribution >= 4 is 29.4 Å². The van der Waals surface area contributed by atoms with E-state index in [1.54, 1.807) is 4.90 Å². The fourth-order valence-corrected chi connectivity index (χ4v) is 2.71. The highest BCUT2D eigenvalue weighted by Gasteiger charge is 2.27. The van der Waals surface area contributed by atoms with E-state index in [9.17, 15) is 9.59 Å². The quantitative estimate of drug-likeness (QED) is 0.839. The molecule has 2 heterocycles. The summed E-state index contributed by atoms with van der Waals surface area (Å²) in [7, 11) is 0. The Labute approximate surface area is 151 Å². The molecule has 2 rings (SSSR count). The molecule has 2 N–H and O–H groups in total. The van der Waals surface area contributed by atoms with Gasteiger partial charge in [0.1, 0.15) is 5.60 Å². The summed E-state index contributed by atoms with van der Waals surface area (Å²) in [5.74, 6) is -0.848. The van der Waals surface area contributed by atoms with Gasteiger partial charge in [-0.1, -0.05) is 11.6 Å². The highest BCUT2D eigenvalue weighted by Crippen LogP contribution is 2.22. The summed E-state index contributed by atoms with van der Waals surface area (Å²) in [6.45, 7) is 7.33. The maximum Gasteiger partial charge on any atom is 0.410 e. The number of hydrogen-bond donors (Lipinski definition) is 2. The summed E-state index contributed by atoms with van der Waals surface area (Å²) in [4.78, 5) is 24.9. The molecule has 1 aromatic heterocycles. The number of hydrogen-bond acceptors (Lipinski definition) is 6. The van der Waals surface area contributed by atoms with Crippen molar-refractivity contribution in [3.8, 4) is 0 Å². The van der Waals surface area contributed by atoms with Crippen molar-refractivity contribution in [1.29, 1.82) is 0 Å².